The van der Waals surface area contributed by atoms with Gasteiger partial charge < -0.3 is 9.84 Å². The van der Waals surface area contributed by atoms with Gasteiger partial charge in [0.1, 0.15) is 5.75 Å². The third kappa shape index (κ3) is 4.17. The van der Waals surface area contributed by atoms with Gasteiger partial charge in [0.2, 0.25) is 0 Å². The maximum Gasteiger partial charge on any atom is 0.126 e. The largest absolute Gasteiger partial charge is 0.496 e. The molecule has 0 amide bonds. The molecule has 0 bridgehead atoms. The molecule has 15 heavy (non-hydrogen) atoms. The number of ether oxygens (including phenoxy) is 1. The smallest absolute Gasteiger partial charge is 0.126 e. The van der Waals surface area contributed by atoms with Crippen LogP contribution in [0.3, 0.4) is 0 Å². The summed E-state index contributed by atoms with van der Waals surface area (Å²) in [5, 5.41) is 9.54. The van der Waals surface area contributed by atoms with Crippen LogP contribution in [0.1, 0.15) is 25.8 Å². The topological polar surface area (TPSA) is 29.5 Å². The number of hydrogen-bond donors (Lipinski definition) is 1. The number of methoxy groups -OCH3 is 1. The van der Waals surface area contributed by atoms with E-state index in [2.05, 4.69) is 0 Å². The number of aliphatic hydroxyl groups is 1. The van der Waals surface area contributed by atoms with Crippen molar-refractivity contribution in [3.63, 3.8) is 0 Å². The van der Waals surface area contributed by atoms with Crippen molar-refractivity contribution >= 4 is 6.08 Å². The molecule has 1 rings (SSSR count). The van der Waals surface area contributed by atoms with Crippen LogP contribution in [-0.2, 0) is 0 Å². The maximum atomic E-state index is 9.54. The minimum Gasteiger partial charge on any atom is -0.496 e. The average molecular weight is 206 g/mol. The SMILES string of the molecule is COc1ccccc1/C=C/CC(C)(C)O. The Balaban J connectivity index is 2.72. The van der Waals surface area contributed by atoms with Crippen LogP contribution < -0.4 is 4.74 Å². The van der Waals surface area contributed by atoms with Crippen molar-refractivity contribution in [1.29, 1.82) is 0 Å². The van der Waals surface area contributed by atoms with E-state index in [1.807, 2.05) is 36.4 Å². The second-order valence-corrected chi connectivity index (χ2v) is 4.16. The maximum absolute atomic E-state index is 9.54. The first-order chi connectivity index (χ1) is 7.03. The van der Waals surface area contributed by atoms with Crippen LogP contribution in [0, 0.1) is 0 Å². The molecule has 1 aromatic rings. The fourth-order valence-corrected chi connectivity index (χ4v) is 1.28. The molecule has 1 N–H and O–H groups in total. The predicted molar refractivity (Wildman–Crippen MR) is 62.9 cm³/mol. The summed E-state index contributed by atoms with van der Waals surface area (Å²) in [6.45, 7) is 3.58. The van der Waals surface area contributed by atoms with Gasteiger partial charge >= 0.3 is 0 Å². The molecule has 0 saturated heterocycles. The van der Waals surface area contributed by atoms with Gasteiger partial charge in [0.15, 0.2) is 0 Å². The van der Waals surface area contributed by atoms with Crippen molar-refractivity contribution in [3.8, 4) is 5.75 Å². The Morgan fingerprint density at radius 2 is 2.00 bits per heavy atom. The Morgan fingerprint density at radius 3 is 2.60 bits per heavy atom. The van der Waals surface area contributed by atoms with Gasteiger partial charge in [0, 0.05) is 5.56 Å². The molecule has 0 unspecified atom stereocenters. The van der Waals surface area contributed by atoms with Crippen molar-refractivity contribution in [2.45, 2.75) is 25.9 Å². The number of rotatable bonds is 4. The molecule has 0 aliphatic carbocycles. The Labute approximate surface area is 91.2 Å². The van der Waals surface area contributed by atoms with Crippen LogP contribution in [0.15, 0.2) is 30.3 Å². The highest BCUT2D eigenvalue weighted by atomic mass is 16.5. The Hall–Kier alpha value is -1.28. The molecular formula is C13H18O2. The molecule has 82 valence electrons. The van der Waals surface area contributed by atoms with Gasteiger partial charge in [-0.25, -0.2) is 0 Å². The Morgan fingerprint density at radius 1 is 1.33 bits per heavy atom. The molecule has 0 atom stereocenters. The van der Waals surface area contributed by atoms with Gasteiger partial charge in [-0.05, 0) is 26.3 Å². The van der Waals surface area contributed by atoms with E-state index in [9.17, 15) is 5.11 Å². The Bertz CT molecular complexity index is 335. The highest BCUT2D eigenvalue weighted by Crippen LogP contribution is 2.19. The summed E-state index contributed by atoms with van der Waals surface area (Å²) in [4.78, 5) is 0. The van der Waals surface area contributed by atoms with E-state index in [0.717, 1.165) is 11.3 Å². The first-order valence-electron chi connectivity index (χ1n) is 5.05. The van der Waals surface area contributed by atoms with E-state index in [1.54, 1.807) is 21.0 Å². The minimum atomic E-state index is -0.654. The summed E-state index contributed by atoms with van der Waals surface area (Å²) >= 11 is 0. The van der Waals surface area contributed by atoms with Crippen molar-refractivity contribution in [2.75, 3.05) is 7.11 Å². The summed E-state index contributed by atoms with van der Waals surface area (Å²) in [6.07, 6.45) is 4.56. The van der Waals surface area contributed by atoms with E-state index in [4.69, 9.17) is 4.74 Å². The van der Waals surface area contributed by atoms with Gasteiger partial charge in [-0.15, -0.1) is 0 Å². The Kier molecular flexibility index (Phi) is 3.92. The normalized spacial score (nSPS) is 12.0. The van der Waals surface area contributed by atoms with Crippen LogP contribution in [0.2, 0.25) is 0 Å². The van der Waals surface area contributed by atoms with E-state index in [1.165, 1.54) is 0 Å². The lowest BCUT2D eigenvalue weighted by Gasteiger charge is -2.13. The van der Waals surface area contributed by atoms with Crippen LogP contribution >= 0.6 is 0 Å². The molecule has 1 aromatic carbocycles. The average Bonchev–Trinajstić information content (AvgIpc) is 2.16. The van der Waals surface area contributed by atoms with E-state index >= 15 is 0 Å². The van der Waals surface area contributed by atoms with Crippen LogP contribution in [0.4, 0.5) is 0 Å². The second kappa shape index (κ2) is 4.99. The first-order valence-corrected chi connectivity index (χ1v) is 5.05. The molecule has 0 radical (unpaired) electrons. The van der Waals surface area contributed by atoms with Crippen LogP contribution in [0.5, 0.6) is 5.75 Å². The van der Waals surface area contributed by atoms with Gasteiger partial charge in [0.05, 0.1) is 12.7 Å². The summed E-state index contributed by atoms with van der Waals surface area (Å²) in [7, 11) is 1.66. The van der Waals surface area contributed by atoms with Crippen molar-refractivity contribution in [2.24, 2.45) is 0 Å². The van der Waals surface area contributed by atoms with Gasteiger partial charge in [-0.2, -0.15) is 0 Å². The fourth-order valence-electron chi connectivity index (χ4n) is 1.28. The molecule has 0 aromatic heterocycles. The highest BCUT2D eigenvalue weighted by Gasteiger charge is 2.08. The monoisotopic (exact) mass is 206 g/mol. The number of benzene rings is 1. The van der Waals surface area contributed by atoms with E-state index in [0.29, 0.717) is 6.42 Å². The third-order valence-electron chi connectivity index (χ3n) is 2.05. The third-order valence-corrected chi connectivity index (χ3v) is 2.05. The molecule has 2 heteroatoms. The first kappa shape index (κ1) is 11.8. The standard InChI is InChI=1S/C13H18O2/c1-13(2,14)10-6-8-11-7-4-5-9-12(11)15-3/h4-9,14H,10H2,1-3H3/b8-6+. The number of para-hydroxylation sites is 1. The molecule has 0 aliphatic rings. The molecule has 0 aliphatic heterocycles. The second-order valence-electron chi connectivity index (χ2n) is 4.16. The summed E-state index contributed by atoms with van der Waals surface area (Å²) in [6, 6.07) is 7.81. The summed E-state index contributed by atoms with van der Waals surface area (Å²) in [5.74, 6) is 0.851. The summed E-state index contributed by atoms with van der Waals surface area (Å²) in [5.41, 5.74) is 0.377. The minimum absolute atomic E-state index is 0.630. The predicted octanol–water partition coefficient (Wildman–Crippen LogP) is 2.87. The van der Waals surface area contributed by atoms with Crippen molar-refractivity contribution in [1.82, 2.24) is 0 Å². The van der Waals surface area contributed by atoms with E-state index in [-0.39, 0.29) is 0 Å². The van der Waals surface area contributed by atoms with Crippen LogP contribution in [0.25, 0.3) is 6.08 Å². The van der Waals surface area contributed by atoms with Crippen molar-refractivity contribution < 1.29 is 9.84 Å². The zero-order chi connectivity index (χ0) is 11.3. The van der Waals surface area contributed by atoms with Crippen molar-refractivity contribution in [3.05, 3.63) is 35.9 Å². The highest BCUT2D eigenvalue weighted by molar-refractivity contribution is 5.57. The molecule has 0 saturated carbocycles. The zero-order valence-electron chi connectivity index (χ0n) is 9.53. The lowest BCUT2D eigenvalue weighted by Crippen LogP contribution is -2.16. The van der Waals surface area contributed by atoms with Gasteiger partial charge in [-0.1, -0.05) is 30.4 Å². The molecular weight excluding hydrogens is 188 g/mol. The molecule has 0 heterocycles. The lowest BCUT2D eigenvalue weighted by molar-refractivity contribution is 0.0841. The summed E-state index contributed by atoms with van der Waals surface area (Å²) < 4.78 is 5.21. The lowest BCUT2D eigenvalue weighted by atomic mass is 10.0. The number of hydrogen-bond acceptors (Lipinski definition) is 2. The van der Waals surface area contributed by atoms with Crippen LogP contribution in [-0.4, -0.2) is 17.8 Å². The molecule has 2 nitrogen and oxygen atoms in total. The quantitative estimate of drug-likeness (QED) is 0.820. The van der Waals surface area contributed by atoms with Gasteiger partial charge in [0.25, 0.3) is 0 Å². The molecule has 0 fully saturated rings. The zero-order valence-corrected chi connectivity index (χ0v) is 9.53. The molecule has 0 spiro atoms. The van der Waals surface area contributed by atoms with Gasteiger partial charge in [-0.3, -0.25) is 0 Å². The fraction of sp³-hybridized carbons (Fsp3) is 0.385. The van der Waals surface area contributed by atoms with E-state index < -0.39 is 5.60 Å².